The summed E-state index contributed by atoms with van der Waals surface area (Å²) in [5, 5.41) is 1.80. The predicted molar refractivity (Wildman–Crippen MR) is 95.8 cm³/mol. The molecule has 0 unspecified atom stereocenters. The quantitative estimate of drug-likeness (QED) is 0.665. The fraction of sp³-hybridized carbons (Fsp3) is 0.211. The highest BCUT2D eigenvalue weighted by atomic mass is 32.2. The van der Waals surface area contributed by atoms with E-state index in [9.17, 15) is 4.79 Å². The maximum Gasteiger partial charge on any atom is 0.258 e. The average molecular weight is 309 g/mol. The van der Waals surface area contributed by atoms with Crippen molar-refractivity contribution in [3.05, 3.63) is 64.6 Å². The van der Waals surface area contributed by atoms with E-state index in [-0.39, 0.29) is 5.56 Å². The molecule has 0 atom stereocenters. The van der Waals surface area contributed by atoms with Crippen LogP contribution in [0.5, 0.6) is 0 Å². The molecule has 0 fully saturated rings. The van der Waals surface area contributed by atoms with Crippen LogP contribution in [0.25, 0.3) is 21.9 Å². The summed E-state index contributed by atoms with van der Waals surface area (Å²) in [6.07, 6.45) is 5.02. The molecule has 0 saturated heterocycles. The van der Waals surface area contributed by atoms with Crippen LogP contribution in [0, 0.1) is 0 Å². The Labute approximate surface area is 134 Å². The van der Waals surface area contributed by atoms with Crippen LogP contribution in [-0.4, -0.2) is 10.8 Å². The van der Waals surface area contributed by atoms with E-state index < -0.39 is 0 Å². The number of thioether (sulfide) groups is 1. The van der Waals surface area contributed by atoms with E-state index in [1.165, 1.54) is 16.0 Å². The van der Waals surface area contributed by atoms with E-state index in [1.807, 2.05) is 37.5 Å². The highest BCUT2D eigenvalue weighted by molar-refractivity contribution is 7.98. The lowest BCUT2D eigenvalue weighted by atomic mass is 9.95. The number of benzene rings is 2. The first-order valence-corrected chi connectivity index (χ1v) is 8.63. The summed E-state index contributed by atoms with van der Waals surface area (Å²) in [5.41, 5.74) is 3.71. The standard InChI is InChI=1S/C19H19NOS/c1-4-13-9-10-14(22-3)11-17(13)18-12-20(2)19(21)16-8-6-5-7-15(16)18/h5-12H,4H2,1-3H3. The van der Waals surface area contributed by atoms with Crippen molar-refractivity contribution in [2.75, 3.05) is 6.26 Å². The normalized spacial score (nSPS) is 11.0. The van der Waals surface area contributed by atoms with Gasteiger partial charge in [-0.1, -0.05) is 31.2 Å². The topological polar surface area (TPSA) is 22.0 Å². The van der Waals surface area contributed by atoms with Crippen molar-refractivity contribution >= 4 is 22.5 Å². The van der Waals surface area contributed by atoms with Gasteiger partial charge in [0.2, 0.25) is 0 Å². The Balaban J connectivity index is 2.40. The van der Waals surface area contributed by atoms with Crippen LogP contribution in [0.4, 0.5) is 0 Å². The Kier molecular flexibility index (Phi) is 4.08. The number of fused-ring (bicyclic) bond motifs is 1. The van der Waals surface area contributed by atoms with Crippen LogP contribution in [0.3, 0.4) is 0 Å². The Morgan fingerprint density at radius 2 is 1.77 bits per heavy atom. The molecule has 1 aromatic heterocycles. The van der Waals surface area contributed by atoms with Gasteiger partial charge in [0.15, 0.2) is 0 Å². The van der Waals surface area contributed by atoms with E-state index in [0.29, 0.717) is 0 Å². The second-order valence-corrected chi connectivity index (χ2v) is 6.26. The first-order valence-electron chi connectivity index (χ1n) is 7.41. The van der Waals surface area contributed by atoms with Gasteiger partial charge in [0.1, 0.15) is 0 Å². The molecule has 0 saturated carbocycles. The molecule has 0 aliphatic heterocycles. The highest BCUT2D eigenvalue weighted by Crippen LogP contribution is 2.32. The zero-order valence-corrected chi connectivity index (χ0v) is 13.9. The third kappa shape index (κ3) is 2.46. The lowest BCUT2D eigenvalue weighted by molar-refractivity contribution is 0.874. The molecule has 22 heavy (non-hydrogen) atoms. The van der Waals surface area contributed by atoms with Gasteiger partial charge in [0.25, 0.3) is 5.56 Å². The molecule has 0 bridgehead atoms. The summed E-state index contributed by atoms with van der Waals surface area (Å²) in [4.78, 5) is 13.6. The molecule has 0 aliphatic carbocycles. The van der Waals surface area contributed by atoms with E-state index in [4.69, 9.17) is 0 Å². The van der Waals surface area contributed by atoms with E-state index in [0.717, 1.165) is 22.8 Å². The third-order valence-electron chi connectivity index (χ3n) is 4.08. The van der Waals surface area contributed by atoms with Crippen LogP contribution < -0.4 is 5.56 Å². The first-order chi connectivity index (χ1) is 10.7. The van der Waals surface area contributed by atoms with Crippen molar-refractivity contribution in [2.45, 2.75) is 18.2 Å². The molecule has 0 radical (unpaired) electrons. The lowest BCUT2D eigenvalue weighted by Gasteiger charge is -2.14. The summed E-state index contributed by atoms with van der Waals surface area (Å²) in [7, 11) is 1.82. The molecule has 3 aromatic rings. The molecule has 3 heteroatoms. The van der Waals surface area contributed by atoms with Crippen LogP contribution in [0.2, 0.25) is 0 Å². The van der Waals surface area contributed by atoms with Crippen molar-refractivity contribution in [3.63, 3.8) is 0 Å². The fourth-order valence-electron chi connectivity index (χ4n) is 2.87. The van der Waals surface area contributed by atoms with E-state index >= 15 is 0 Å². The fourth-order valence-corrected chi connectivity index (χ4v) is 3.31. The highest BCUT2D eigenvalue weighted by Gasteiger charge is 2.12. The van der Waals surface area contributed by atoms with Gasteiger partial charge in [0.05, 0.1) is 0 Å². The van der Waals surface area contributed by atoms with Crippen molar-refractivity contribution in [1.29, 1.82) is 0 Å². The average Bonchev–Trinajstić information content (AvgIpc) is 2.57. The second-order valence-electron chi connectivity index (χ2n) is 5.38. The summed E-state index contributed by atoms with van der Waals surface area (Å²) >= 11 is 1.74. The van der Waals surface area contributed by atoms with Gasteiger partial charge in [-0.3, -0.25) is 4.79 Å². The predicted octanol–water partition coefficient (Wildman–Crippen LogP) is 4.49. The van der Waals surface area contributed by atoms with Gasteiger partial charge < -0.3 is 4.57 Å². The number of hydrogen-bond acceptors (Lipinski definition) is 2. The molecule has 0 N–H and O–H groups in total. The smallest absolute Gasteiger partial charge is 0.258 e. The molecule has 112 valence electrons. The monoisotopic (exact) mass is 309 g/mol. The summed E-state index contributed by atoms with van der Waals surface area (Å²) in [6, 6.07) is 14.5. The molecule has 1 heterocycles. The molecule has 2 aromatic carbocycles. The molecule has 0 aliphatic rings. The summed E-state index contributed by atoms with van der Waals surface area (Å²) in [6.45, 7) is 2.17. The van der Waals surface area contributed by atoms with Crippen LogP contribution in [-0.2, 0) is 13.5 Å². The van der Waals surface area contributed by atoms with Gasteiger partial charge in [-0.25, -0.2) is 0 Å². The zero-order valence-electron chi connectivity index (χ0n) is 13.1. The van der Waals surface area contributed by atoms with Crippen molar-refractivity contribution < 1.29 is 0 Å². The Morgan fingerprint density at radius 3 is 2.45 bits per heavy atom. The van der Waals surface area contributed by atoms with Crippen LogP contribution in [0.15, 0.2) is 58.4 Å². The number of nitrogens with zero attached hydrogens (tertiary/aromatic N) is 1. The summed E-state index contributed by atoms with van der Waals surface area (Å²) in [5.74, 6) is 0. The number of aryl methyl sites for hydroxylation is 2. The maximum absolute atomic E-state index is 12.3. The van der Waals surface area contributed by atoms with Crippen LogP contribution >= 0.6 is 11.8 Å². The zero-order chi connectivity index (χ0) is 15.7. The van der Waals surface area contributed by atoms with Crippen molar-refractivity contribution in [3.8, 4) is 11.1 Å². The molecule has 2 nitrogen and oxygen atoms in total. The van der Waals surface area contributed by atoms with Gasteiger partial charge in [-0.2, -0.15) is 0 Å². The minimum absolute atomic E-state index is 0.0541. The molecule has 3 rings (SSSR count). The maximum atomic E-state index is 12.3. The minimum Gasteiger partial charge on any atom is -0.317 e. The number of rotatable bonds is 3. The van der Waals surface area contributed by atoms with Gasteiger partial charge in [-0.15, -0.1) is 11.8 Å². The largest absolute Gasteiger partial charge is 0.317 e. The number of hydrogen-bond donors (Lipinski definition) is 0. The van der Waals surface area contributed by atoms with E-state index in [1.54, 1.807) is 16.3 Å². The number of aromatic nitrogens is 1. The Hall–Kier alpha value is -2.00. The van der Waals surface area contributed by atoms with Gasteiger partial charge in [0, 0.05) is 29.1 Å². The minimum atomic E-state index is 0.0541. The van der Waals surface area contributed by atoms with Gasteiger partial charge >= 0.3 is 0 Å². The van der Waals surface area contributed by atoms with Crippen LogP contribution in [0.1, 0.15) is 12.5 Å². The van der Waals surface area contributed by atoms with Crippen molar-refractivity contribution in [2.24, 2.45) is 7.05 Å². The van der Waals surface area contributed by atoms with Gasteiger partial charge in [-0.05, 0) is 47.4 Å². The Morgan fingerprint density at radius 1 is 1.05 bits per heavy atom. The molecule has 0 amide bonds. The molecule has 0 spiro atoms. The van der Waals surface area contributed by atoms with E-state index in [2.05, 4.69) is 31.4 Å². The number of pyridine rings is 1. The first kappa shape index (κ1) is 14.9. The summed E-state index contributed by atoms with van der Waals surface area (Å²) < 4.78 is 1.68. The lowest BCUT2D eigenvalue weighted by Crippen LogP contribution is -2.16. The Bertz CT molecular complexity index is 896. The SMILES string of the molecule is CCc1ccc(SC)cc1-c1cn(C)c(=O)c2ccccc12. The third-order valence-corrected chi connectivity index (χ3v) is 4.80. The molecular formula is C19H19NOS. The van der Waals surface area contributed by atoms with Crippen molar-refractivity contribution in [1.82, 2.24) is 4.57 Å². The second kappa shape index (κ2) is 6.01. The molecular weight excluding hydrogens is 290 g/mol.